The molecular formula is C28H32N10O2. The van der Waals surface area contributed by atoms with Gasteiger partial charge in [0.2, 0.25) is 0 Å². The molecule has 0 radical (unpaired) electrons. The van der Waals surface area contributed by atoms with Crippen molar-refractivity contribution in [3.63, 3.8) is 0 Å². The fourth-order valence-electron chi connectivity index (χ4n) is 5.18. The first-order chi connectivity index (χ1) is 18.9. The predicted molar refractivity (Wildman–Crippen MR) is 154 cm³/mol. The second kappa shape index (κ2) is 9.63. The number of non-ortho nitro benzene ring substituents is 1. The Hall–Kier alpha value is -5.00. The fourth-order valence-corrected chi connectivity index (χ4v) is 5.18. The van der Waals surface area contributed by atoms with E-state index in [-0.39, 0.29) is 5.69 Å². The maximum Gasteiger partial charge on any atom is 0.269 e. The van der Waals surface area contributed by atoms with Crippen molar-refractivity contribution in [1.29, 1.82) is 0 Å². The van der Waals surface area contributed by atoms with Gasteiger partial charge in [-0.15, -0.1) is 0 Å². The van der Waals surface area contributed by atoms with Crippen molar-refractivity contribution < 1.29 is 4.92 Å². The Morgan fingerprint density at radius 3 is 1.73 bits per heavy atom. The third-order valence-electron chi connectivity index (χ3n) is 7.17. The first-order valence-electron chi connectivity index (χ1n) is 12.8. The van der Waals surface area contributed by atoms with Crippen LogP contribution < -0.4 is 17.2 Å². The summed E-state index contributed by atoms with van der Waals surface area (Å²) in [6.07, 6.45) is 0. The van der Waals surface area contributed by atoms with Crippen molar-refractivity contribution in [3.05, 3.63) is 105 Å². The summed E-state index contributed by atoms with van der Waals surface area (Å²) in [5.74, 6) is 0.924. The van der Waals surface area contributed by atoms with Crippen molar-refractivity contribution in [2.24, 2.45) is 21.5 Å². The average Bonchev–Trinajstić information content (AvgIpc) is 3.45. The van der Waals surface area contributed by atoms with E-state index in [1.165, 1.54) is 12.1 Å². The summed E-state index contributed by atoms with van der Waals surface area (Å²) in [4.78, 5) is 19.7. The van der Waals surface area contributed by atoms with Gasteiger partial charge >= 0.3 is 0 Å². The van der Waals surface area contributed by atoms with Crippen LogP contribution in [0.1, 0.15) is 47.8 Å². The van der Waals surface area contributed by atoms with Gasteiger partial charge in [-0.3, -0.25) is 29.5 Å². The number of aromatic nitrogens is 4. The molecule has 0 saturated carbocycles. The van der Waals surface area contributed by atoms with E-state index in [0.29, 0.717) is 24.8 Å². The molecule has 206 valence electrons. The van der Waals surface area contributed by atoms with Gasteiger partial charge in [-0.05, 0) is 63.1 Å². The van der Waals surface area contributed by atoms with Gasteiger partial charge < -0.3 is 17.2 Å². The SMILES string of the molecule is Cc1cc2n(n1)CC(C)(c1cccc(N)c1)N=C2N.Cc1cc2n(n1)CC(C)(c1cccc([N+](=O)[O-])c1)N=C2N. The number of nitro groups is 1. The van der Waals surface area contributed by atoms with Crippen molar-refractivity contribution >= 4 is 23.0 Å². The van der Waals surface area contributed by atoms with E-state index in [4.69, 9.17) is 17.2 Å². The molecule has 40 heavy (non-hydrogen) atoms. The normalized spacial score (nSPS) is 21.3. The van der Waals surface area contributed by atoms with E-state index in [2.05, 4.69) is 27.1 Å². The van der Waals surface area contributed by atoms with Crippen LogP contribution in [-0.2, 0) is 24.2 Å². The predicted octanol–water partition coefficient (Wildman–Crippen LogP) is 3.14. The summed E-state index contributed by atoms with van der Waals surface area (Å²) in [5.41, 5.74) is 22.9. The van der Waals surface area contributed by atoms with Crippen molar-refractivity contribution in [2.75, 3.05) is 5.73 Å². The lowest BCUT2D eigenvalue weighted by atomic mass is 9.91. The van der Waals surface area contributed by atoms with Gasteiger partial charge in [0.15, 0.2) is 0 Å². The van der Waals surface area contributed by atoms with Crippen LogP contribution in [0.5, 0.6) is 0 Å². The molecule has 12 nitrogen and oxygen atoms in total. The number of benzene rings is 2. The van der Waals surface area contributed by atoms with Gasteiger partial charge in [-0.2, -0.15) is 10.2 Å². The molecule has 2 atom stereocenters. The number of aliphatic imine (C=N–C) groups is 2. The molecule has 0 bridgehead atoms. The van der Waals surface area contributed by atoms with Crippen LogP contribution in [0.3, 0.4) is 0 Å². The highest BCUT2D eigenvalue weighted by molar-refractivity contribution is 5.97. The summed E-state index contributed by atoms with van der Waals surface area (Å²) >= 11 is 0. The lowest BCUT2D eigenvalue weighted by molar-refractivity contribution is -0.385. The molecule has 2 aromatic carbocycles. The van der Waals surface area contributed by atoms with E-state index in [1.54, 1.807) is 10.7 Å². The molecule has 0 amide bonds. The number of nitro benzene ring substituents is 1. The van der Waals surface area contributed by atoms with Crippen molar-refractivity contribution in [2.45, 2.75) is 51.9 Å². The highest BCUT2D eigenvalue weighted by atomic mass is 16.6. The number of hydrogen-bond acceptors (Lipinski definition) is 9. The van der Waals surface area contributed by atoms with Crippen LogP contribution in [0.15, 0.2) is 70.6 Å². The average molecular weight is 541 g/mol. The van der Waals surface area contributed by atoms with Gasteiger partial charge in [0.05, 0.1) is 29.4 Å². The van der Waals surface area contributed by atoms with Gasteiger partial charge in [-0.25, -0.2) is 0 Å². The second-order valence-corrected chi connectivity index (χ2v) is 10.6. The summed E-state index contributed by atoms with van der Waals surface area (Å²) in [6, 6.07) is 18.1. The summed E-state index contributed by atoms with van der Waals surface area (Å²) in [5, 5.41) is 19.8. The lowest BCUT2D eigenvalue weighted by Crippen LogP contribution is -2.37. The Morgan fingerprint density at radius 1 is 0.775 bits per heavy atom. The molecule has 2 unspecified atom stereocenters. The van der Waals surface area contributed by atoms with Crippen LogP contribution in [0.2, 0.25) is 0 Å². The van der Waals surface area contributed by atoms with Gasteiger partial charge in [-0.1, -0.05) is 24.3 Å². The molecule has 2 aliphatic rings. The zero-order valence-electron chi connectivity index (χ0n) is 22.9. The Bertz CT molecular complexity index is 1680. The Morgan fingerprint density at radius 2 is 1.25 bits per heavy atom. The summed E-state index contributed by atoms with van der Waals surface area (Å²) in [7, 11) is 0. The number of aryl methyl sites for hydroxylation is 2. The highest BCUT2D eigenvalue weighted by Gasteiger charge is 2.34. The number of nitrogens with two attached hydrogens (primary N) is 3. The largest absolute Gasteiger partial charge is 0.399 e. The molecule has 12 heteroatoms. The topological polar surface area (TPSA) is 182 Å². The van der Waals surface area contributed by atoms with Gasteiger partial charge in [0, 0.05) is 17.8 Å². The molecule has 4 heterocycles. The molecule has 2 aliphatic heterocycles. The molecule has 0 aliphatic carbocycles. The minimum atomic E-state index is -0.665. The zero-order valence-corrected chi connectivity index (χ0v) is 22.9. The van der Waals surface area contributed by atoms with E-state index < -0.39 is 16.0 Å². The number of rotatable bonds is 3. The standard InChI is InChI=1S/C14H15N5O2.C14H17N5/c1-9-6-12-13(15)16-14(2,8-18(12)17-9)10-4-3-5-11(7-10)19(20)21;1-9-6-12-13(16)17-14(2,8-19(12)18-9)10-4-3-5-11(15)7-10/h3-7H,8H2,1-2H3,(H2,15,16);3-7H,8,15H2,1-2H3,(H2,16,17). The van der Waals surface area contributed by atoms with Crippen LogP contribution in [0.25, 0.3) is 0 Å². The monoisotopic (exact) mass is 540 g/mol. The fraction of sp³-hybridized carbons (Fsp3) is 0.286. The maximum atomic E-state index is 10.9. The van der Waals surface area contributed by atoms with E-state index in [1.807, 2.05) is 67.9 Å². The van der Waals surface area contributed by atoms with Crippen LogP contribution in [0, 0.1) is 24.0 Å². The summed E-state index contributed by atoms with van der Waals surface area (Å²) in [6.45, 7) is 8.96. The molecule has 4 aromatic rings. The number of hydrogen-bond donors (Lipinski definition) is 3. The molecule has 0 fully saturated rings. The lowest BCUT2D eigenvalue weighted by Gasteiger charge is -2.31. The first-order valence-corrected chi connectivity index (χ1v) is 12.8. The molecule has 6 N–H and O–H groups in total. The van der Waals surface area contributed by atoms with Crippen molar-refractivity contribution in [3.8, 4) is 0 Å². The number of anilines is 1. The molecule has 6 rings (SSSR count). The smallest absolute Gasteiger partial charge is 0.269 e. The Kier molecular flexibility index (Phi) is 6.41. The minimum Gasteiger partial charge on any atom is -0.399 e. The number of nitrogens with zero attached hydrogens (tertiary/aromatic N) is 7. The number of nitrogen functional groups attached to an aromatic ring is 1. The zero-order chi connectivity index (χ0) is 28.8. The van der Waals surface area contributed by atoms with Crippen LogP contribution in [-0.4, -0.2) is 36.2 Å². The van der Waals surface area contributed by atoms with Crippen molar-refractivity contribution in [1.82, 2.24) is 19.6 Å². The quantitative estimate of drug-likeness (QED) is 0.203. The van der Waals surface area contributed by atoms with Gasteiger partial charge in [0.25, 0.3) is 5.69 Å². The number of fused-ring (bicyclic) bond motifs is 2. The third kappa shape index (κ3) is 4.91. The maximum absolute atomic E-state index is 10.9. The van der Waals surface area contributed by atoms with Gasteiger partial charge in [0.1, 0.15) is 34.1 Å². The molecule has 2 aromatic heterocycles. The minimum absolute atomic E-state index is 0.0462. The Labute approximate surface area is 231 Å². The molecular weight excluding hydrogens is 508 g/mol. The highest BCUT2D eigenvalue weighted by Crippen LogP contribution is 2.34. The molecule has 0 spiro atoms. The number of amidine groups is 2. The first kappa shape index (κ1) is 26.6. The van der Waals surface area contributed by atoms with Crippen LogP contribution in [0.4, 0.5) is 11.4 Å². The Balaban J connectivity index is 0.000000162. The van der Waals surface area contributed by atoms with E-state index in [9.17, 15) is 10.1 Å². The third-order valence-corrected chi connectivity index (χ3v) is 7.17. The second-order valence-electron chi connectivity index (χ2n) is 10.6. The van der Waals surface area contributed by atoms with E-state index in [0.717, 1.165) is 39.6 Å². The molecule has 0 saturated heterocycles. The summed E-state index contributed by atoms with van der Waals surface area (Å²) < 4.78 is 3.72. The van der Waals surface area contributed by atoms with E-state index >= 15 is 0 Å². The van der Waals surface area contributed by atoms with Crippen LogP contribution >= 0.6 is 0 Å².